The Morgan fingerprint density at radius 2 is 1.26 bits per heavy atom. The summed E-state index contributed by atoms with van der Waals surface area (Å²) in [4.78, 5) is 11.5. The topological polar surface area (TPSA) is 107 Å². The highest BCUT2D eigenvalue weighted by Gasteiger charge is 2.58. The molecule has 0 fully saturated rings. The Hall–Kier alpha value is -3.31. The Morgan fingerprint density at radius 1 is 0.816 bits per heavy atom. The first-order valence-corrected chi connectivity index (χ1v) is 14.6. The number of alkyl carbamates (subject to hydrolysis) is 1. The lowest BCUT2D eigenvalue weighted by Gasteiger charge is -2.30. The summed E-state index contributed by atoms with van der Waals surface area (Å²) >= 11 is 0. The van der Waals surface area contributed by atoms with E-state index in [1.54, 1.807) is 20.8 Å². The minimum absolute atomic E-state index is 0.209. The summed E-state index contributed by atoms with van der Waals surface area (Å²) < 4.78 is 86.6. The number of sulfone groups is 2. The number of carbonyl (C=O) groups is 1. The molecule has 0 spiro atoms. The van der Waals surface area contributed by atoms with E-state index in [4.69, 9.17) is 4.74 Å². The maximum atomic E-state index is 17.1. The Labute approximate surface area is 221 Å². The molecule has 1 amide bonds. The molecule has 7 nitrogen and oxygen atoms in total. The highest BCUT2D eigenvalue weighted by Crippen LogP contribution is 2.41. The van der Waals surface area contributed by atoms with Crippen LogP contribution in [-0.4, -0.2) is 38.9 Å². The van der Waals surface area contributed by atoms with Crippen LogP contribution in [0, 0.1) is 5.82 Å². The molecule has 38 heavy (non-hydrogen) atoms. The van der Waals surface area contributed by atoms with Gasteiger partial charge >= 0.3 is 10.4 Å². The first-order valence-electron chi connectivity index (χ1n) is 11.7. The van der Waals surface area contributed by atoms with E-state index in [9.17, 15) is 26.0 Å². The standard InChI is InChI=1S/C27H29F2NO6S2/c1-26(2,3)36-25(31)30-22(18-20-14-16-21(28)17-15-20)19-27(29,37(32,33)23-10-6-4-7-11-23)38(34,35)24-12-8-5-9-13-24/h4-17,22H,18-19H2,1-3H3,(H,30,31). The van der Waals surface area contributed by atoms with E-state index in [1.807, 2.05) is 0 Å². The van der Waals surface area contributed by atoms with E-state index >= 15 is 4.39 Å². The van der Waals surface area contributed by atoms with Crippen LogP contribution in [0.5, 0.6) is 0 Å². The van der Waals surface area contributed by atoms with Crippen LogP contribution in [0.4, 0.5) is 13.6 Å². The van der Waals surface area contributed by atoms with E-state index in [1.165, 1.54) is 48.5 Å². The third-order valence-electron chi connectivity index (χ3n) is 5.52. The molecule has 1 N–H and O–H groups in total. The molecule has 0 aliphatic rings. The summed E-state index contributed by atoms with van der Waals surface area (Å²) in [5, 5.41) is 2.42. The van der Waals surface area contributed by atoms with Crippen LogP contribution in [0.1, 0.15) is 32.8 Å². The van der Waals surface area contributed by atoms with Crippen LogP contribution in [0.25, 0.3) is 0 Å². The molecule has 3 aromatic rings. The second-order valence-corrected chi connectivity index (χ2v) is 14.2. The van der Waals surface area contributed by atoms with Gasteiger partial charge in [0.25, 0.3) is 0 Å². The van der Waals surface area contributed by atoms with Gasteiger partial charge < -0.3 is 10.1 Å². The molecule has 1 unspecified atom stereocenters. The van der Waals surface area contributed by atoms with Crippen LogP contribution in [0.2, 0.25) is 0 Å². The largest absolute Gasteiger partial charge is 0.444 e. The van der Waals surface area contributed by atoms with E-state index in [-0.39, 0.29) is 6.42 Å². The average molecular weight is 566 g/mol. The molecule has 204 valence electrons. The highest BCUT2D eigenvalue weighted by molar-refractivity contribution is 8.10. The van der Waals surface area contributed by atoms with E-state index < -0.39 is 63.8 Å². The van der Waals surface area contributed by atoms with Gasteiger partial charge in [-0.15, -0.1) is 0 Å². The zero-order valence-corrected chi connectivity index (χ0v) is 22.7. The zero-order chi connectivity index (χ0) is 28.2. The fraction of sp³-hybridized carbons (Fsp3) is 0.296. The molecule has 3 aromatic carbocycles. The number of hydrogen-bond donors (Lipinski definition) is 1. The van der Waals surface area contributed by atoms with Crippen molar-refractivity contribution < 1.29 is 35.1 Å². The lowest BCUT2D eigenvalue weighted by molar-refractivity contribution is 0.0496. The van der Waals surface area contributed by atoms with Gasteiger partial charge in [0.1, 0.15) is 11.4 Å². The number of amides is 1. The van der Waals surface area contributed by atoms with Crippen molar-refractivity contribution in [3.8, 4) is 0 Å². The van der Waals surface area contributed by atoms with Gasteiger partial charge in [0.15, 0.2) is 0 Å². The fourth-order valence-corrected chi connectivity index (χ4v) is 8.07. The van der Waals surface area contributed by atoms with E-state index in [0.717, 1.165) is 36.4 Å². The summed E-state index contributed by atoms with van der Waals surface area (Å²) in [7, 11) is -10.4. The van der Waals surface area contributed by atoms with Gasteiger partial charge in [-0.1, -0.05) is 48.5 Å². The lowest BCUT2D eigenvalue weighted by atomic mass is 10.0. The summed E-state index contributed by atoms with van der Waals surface area (Å²) in [6.07, 6.45) is -2.38. The SMILES string of the molecule is CC(C)(C)OC(=O)NC(Cc1ccc(F)cc1)CC(F)(S(=O)(=O)c1ccccc1)S(=O)(=O)c1ccccc1. The quantitative estimate of drug-likeness (QED) is 0.381. The minimum Gasteiger partial charge on any atom is -0.444 e. The van der Waals surface area contributed by atoms with Crippen LogP contribution in [0.15, 0.2) is 94.7 Å². The van der Waals surface area contributed by atoms with Crippen molar-refractivity contribution in [1.29, 1.82) is 0 Å². The molecule has 0 radical (unpaired) electrons. The van der Waals surface area contributed by atoms with Gasteiger partial charge in [0.2, 0.25) is 19.7 Å². The molecule has 0 saturated heterocycles. The first-order chi connectivity index (χ1) is 17.7. The number of hydrogen-bond acceptors (Lipinski definition) is 6. The number of ether oxygens (including phenoxy) is 1. The number of carbonyl (C=O) groups excluding carboxylic acids is 1. The molecule has 0 aliphatic heterocycles. The maximum Gasteiger partial charge on any atom is 0.407 e. The predicted molar refractivity (Wildman–Crippen MR) is 139 cm³/mol. The number of rotatable bonds is 9. The molecular weight excluding hydrogens is 536 g/mol. The van der Waals surface area contributed by atoms with Crippen LogP contribution < -0.4 is 5.32 Å². The smallest absolute Gasteiger partial charge is 0.407 e. The van der Waals surface area contributed by atoms with Crippen molar-refractivity contribution in [2.24, 2.45) is 0 Å². The van der Waals surface area contributed by atoms with E-state index in [2.05, 4.69) is 5.32 Å². The Kier molecular flexibility index (Phi) is 8.62. The second kappa shape index (κ2) is 11.2. The van der Waals surface area contributed by atoms with Gasteiger partial charge in [-0.2, -0.15) is 0 Å². The van der Waals surface area contributed by atoms with Crippen LogP contribution >= 0.6 is 0 Å². The fourth-order valence-electron chi connectivity index (χ4n) is 3.76. The molecule has 0 saturated carbocycles. The maximum absolute atomic E-state index is 17.1. The molecule has 0 bridgehead atoms. The highest BCUT2D eigenvalue weighted by atomic mass is 32.3. The van der Waals surface area contributed by atoms with Crippen molar-refractivity contribution in [1.82, 2.24) is 5.32 Å². The molecule has 11 heteroatoms. The van der Waals surface area contributed by atoms with Crippen molar-refractivity contribution in [2.45, 2.75) is 59.4 Å². The molecule has 0 aliphatic carbocycles. The molecule has 3 rings (SSSR count). The Balaban J connectivity index is 2.14. The Bertz CT molecular complexity index is 1390. The van der Waals surface area contributed by atoms with Gasteiger partial charge in [-0.3, -0.25) is 0 Å². The number of alkyl halides is 1. The summed E-state index contributed by atoms with van der Waals surface area (Å²) in [6, 6.07) is 16.4. The third-order valence-corrected chi connectivity index (χ3v) is 10.6. The molecule has 0 aromatic heterocycles. The third kappa shape index (κ3) is 6.57. The first kappa shape index (κ1) is 29.2. The normalized spacial score (nSPS) is 13.5. The predicted octanol–water partition coefficient (Wildman–Crippen LogP) is 5.22. The van der Waals surface area contributed by atoms with Gasteiger partial charge in [-0.05, 0) is 69.2 Å². The number of nitrogens with one attached hydrogen (secondary N) is 1. The summed E-state index contributed by atoms with van der Waals surface area (Å²) in [5.41, 5.74) is -0.534. The molecule has 0 heterocycles. The monoisotopic (exact) mass is 565 g/mol. The van der Waals surface area contributed by atoms with E-state index in [0.29, 0.717) is 5.56 Å². The number of halogens is 2. The van der Waals surface area contributed by atoms with Crippen LogP contribution in [-0.2, 0) is 30.8 Å². The lowest BCUT2D eigenvalue weighted by Crippen LogP contribution is -2.50. The molecular formula is C27H29F2NO6S2. The second-order valence-electron chi connectivity index (χ2n) is 9.67. The minimum atomic E-state index is -5.18. The van der Waals surface area contributed by atoms with Crippen molar-refractivity contribution in [3.05, 3.63) is 96.3 Å². The molecule has 1 atom stereocenters. The van der Waals surface area contributed by atoms with Gasteiger partial charge in [-0.25, -0.2) is 30.4 Å². The van der Waals surface area contributed by atoms with Crippen molar-refractivity contribution in [2.75, 3.05) is 0 Å². The zero-order valence-electron chi connectivity index (χ0n) is 21.1. The van der Waals surface area contributed by atoms with Gasteiger partial charge in [0.05, 0.1) is 9.79 Å². The Morgan fingerprint density at radius 3 is 1.68 bits per heavy atom. The average Bonchev–Trinajstić information content (AvgIpc) is 2.85. The number of benzene rings is 3. The van der Waals surface area contributed by atoms with Gasteiger partial charge in [0, 0.05) is 12.5 Å². The van der Waals surface area contributed by atoms with Crippen LogP contribution in [0.3, 0.4) is 0 Å². The summed E-state index contributed by atoms with van der Waals surface area (Å²) in [6.45, 7) is 4.79. The van der Waals surface area contributed by atoms with Crippen molar-refractivity contribution >= 4 is 25.8 Å². The van der Waals surface area contributed by atoms with Crippen molar-refractivity contribution in [3.63, 3.8) is 0 Å². The summed E-state index contributed by atoms with van der Waals surface area (Å²) in [5.74, 6) is -0.538.